The molecule has 0 aliphatic rings. The molecule has 0 aliphatic heterocycles. The van der Waals surface area contributed by atoms with Crippen LogP contribution in [0.2, 0.25) is 0 Å². The van der Waals surface area contributed by atoms with Crippen molar-refractivity contribution in [3.05, 3.63) is 35.4 Å². The Kier molecular flexibility index (Phi) is 6.88. The number of nitrogens with one attached hydrogen (secondary N) is 1. The van der Waals surface area contributed by atoms with Gasteiger partial charge in [0.15, 0.2) is 0 Å². The maximum atomic E-state index is 12.0. The highest BCUT2D eigenvalue weighted by molar-refractivity contribution is 5.78. The van der Waals surface area contributed by atoms with Gasteiger partial charge in [-0.15, -0.1) is 0 Å². The highest BCUT2D eigenvalue weighted by Gasteiger charge is 2.13. The van der Waals surface area contributed by atoms with Crippen molar-refractivity contribution in [1.29, 1.82) is 0 Å². The predicted octanol–water partition coefficient (Wildman–Crippen LogP) is 1.97. The molecule has 0 aromatic heterocycles. The highest BCUT2D eigenvalue weighted by Crippen LogP contribution is 2.16. The zero-order valence-electron chi connectivity index (χ0n) is 12.9. The molecule has 116 valence electrons. The molecule has 5 nitrogen and oxygen atoms in total. The summed E-state index contributed by atoms with van der Waals surface area (Å²) in [6.45, 7) is 4.86. The van der Waals surface area contributed by atoms with E-state index in [1.165, 1.54) is 0 Å². The van der Waals surface area contributed by atoms with Crippen molar-refractivity contribution in [2.75, 3.05) is 20.1 Å². The number of carbonyl (C=O) groups is 2. The van der Waals surface area contributed by atoms with E-state index in [9.17, 15) is 9.59 Å². The second kappa shape index (κ2) is 8.42. The van der Waals surface area contributed by atoms with Crippen molar-refractivity contribution in [2.24, 2.45) is 0 Å². The fraction of sp³-hybridized carbons (Fsp3) is 0.500. The van der Waals surface area contributed by atoms with Crippen LogP contribution in [-0.2, 0) is 9.59 Å². The molecule has 1 rings (SSSR count). The topological polar surface area (TPSA) is 69.6 Å². The molecule has 1 aromatic carbocycles. The van der Waals surface area contributed by atoms with E-state index in [2.05, 4.69) is 5.32 Å². The quantitative estimate of drug-likeness (QED) is 0.768. The molecule has 1 amide bonds. The molecule has 1 unspecified atom stereocenters. The Morgan fingerprint density at radius 2 is 2.00 bits per heavy atom. The van der Waals surface area contributed by atoms with E-state index in [0.717, 1.165) is 11.1 Å². The van der Waals surface area contributed by atoms with E-state index in [1.54, 1.807) is 0 Å². The Morgan fingerprint density at radius 1 is 1.33 bits per heavy atom. The van der Waals surface area contributed by atoms with E-state index >= 15 is 0 Å². The van der Waals surface area contributed by atoms with Crippen LogP contribution in [0.5, 0.6) is 0 Å². The highest BCUT2D eigenvalue weighted by atomic mass is 16.4. The molecule has 0 bridgehead atoms. The zero-order valence-corrected chi connectivity index (χ0v) is 12.9. The van der Waals surface area contributed by atoms with Gasteiger partial charge in [-0.2, -0.15) is 0 Å². The summed E-state index contributed by atoms with van der Waals surface area (Å²) in [5.41, 5.74) is 2.26. The van der Waals surface area contributed by atoms with Crippen LogP contribution >= 0.6 is 0 Å². The summed E-state index contributed by atoms with van der Waals surface area (Å²) in [7, 11) is 1.82. The van der Waals surface area contributed by atoms with E-state index in [0.29, 0.717) is 13.0 Å². The SMILES string of the molecule is Cc1ccccc1C(C)NC(=O)CN(C)CCCC(=O)O. The molecule has 2 N–H and O–H groups in total. The molecule has 5 heteroatoms. The lowest BCUT2D eigenvalue weighted by molar-refractivity contribution is -0.137. The van der Waals surface area contributed by atoms with Gasteiger partial charge >= 0.3 is 5.97 Å². The number of carboxylic acids is 1. The monoisotopic (exact) mass is 292 g/mol. The first kappa shape index (κ1) is 17.2. The molecule has 0 spiro atoms. The van der Waals surface area contributed by atoms with E-state index < -0.39 is 5.97 Å². The minimum Gasteiger partial charge on any atom is -0.481 e. The summed E-state index contributed by atoms with van der Waals surface area (Å²) in [6.07, 6.45) is 0.679. The average molecular weight is 292 g/mol. The van der Waals surface area contributed by atoms with Crippen LogP contribution in [0, 0.1) is 6.92 Å². The van der Waals surface area contributed by atoms with Gasteiger partial charge in [0, 0.05) is 6.42 Å². The molecular weight excluding hydrogens is 268 g/mol. The first-order chi connectivity index (χ1) is 9.90. The number of carboxylic acid groups (broad SMARTS) is 1. The third-order valence-electron chi connectivity index (χ3n) is 3.38. The maximum Gasteiger partial charge on any atom is 0.303 e. The summed E-state index contributed by atoms with van der Waals surface area (Å²) < 4.78 is 0. The van der Waals surface area contributed by atoms with Gasteiger partial charge in [-0.05, 0) is 45.0 Å². The Bertz CT molecular complexity index is 488. The molecule has 1 aromatic rings. The first-order valence-electron chi connectivity index (χ1n) is 7.15. The summed E-state index contributed by atoms with van der Waals surface area (Å²) in [6, 6.07) is 7.94. The Balaban J connectivity index is 2.39. The summed E-state index contributed by atoms with van der Waals surface area (Å²) >= 11 is 0. The Hall–Kier alpha value is -1.88. The average Bonchev–Trinajstić information content (AvgIpc) is 2.38. The number of aryl methyl sites for hydroxylation is 1. The van der Waals surface area contributed by atoms with Crippen molar-refractivity contribution >= 4 is 11.9 Å². The molecule has 1 atom stereocenters. The van der Waals surface area contributed by atoms with Crippen molar-refractivity contribution in [3.63, 3.8) is 0 Å². The fourth-order valence-corrected chi connectivity index (χ4v) is 2.26. The van der Waals surface area contributed by atoms with Crippen LogP contribution in [0.25, 0.3) is 0 Å². The maximum absolute atomic E-state index is 12.0. The van der Waals surface area contributed by atoms with Crippen molar-refractivity contribution in [3.8, 4) is 0 Å². The molecule has 0 radical (unpaired) electrons. The van der Waals surface area contributed by atoms with Crippen LogP contribution in [0.15, 0.2) is 24.3 Å². The molecule has 0 aliphatic carbocycles. The number of hydrogen-bond donors (Lipinski definition) is 2. The lowest BCUT2D eigenvalue weighted by atomic mass is 10.0. The van der Waals surface area contributed by atoms with Crippen LogP contribution < -0.4 is 5.32 Å². The van der Waals surface area contributed by atoms with Crippen LogP contribution in [0.4, 0.5) is 0 Å². The first-order valence-corrected chi connectivity index (χ1v) is 7.15. The third kappa shape index (κ3) is 6.40. The zero-order chi connectivity index (χ0) is 15.8. The smallest absolute Gasteiger partial charge is 0.303 e. The Labute approximate surface area is 126 Å². The minimum absolute atomic E-state index is 0.0360. The summed E-state index contributed by atoms with van der Waals surface area (Å²) in [5, 5.41) is 11.6. The number of carbonyl (C=O) groups excluding carboxylic acids is 1. The summed E-state index contributed by atoms with van der Waals surface area (Å²) in [5.74, 6) is -0.857. The number of nitrogens with zero attached hydrogens (tertiary/aromatic N) is 1. The molecule has 0 fully saturated rings. The van der Waals surface area contributed by atoms with Crippen LogP contribution in [0.1, 0.15) is 36.9 Å². The number of likely N-dealkylation sites (N-methyl/N-ethyl adjacent to an activating group) is 1. The number of rotatable bonds is 8. The van der Waals surface area contributed by atoms with Crippen LogP contribution in [-0.4, -0.2) is 42.0 Å². The van der Waals surface area contributed by atoms with Crippen molar-refractivity contribution in [2.45, 2.75) is 32.7 Å². The lowest BCUT2D eigenvalue weighted by Gasteiger charge is -2.20. The fourth-order valence-electron chi connectivity index (χ4n) is 2.26. The third-order valence-corrected chi connectivity index (χ3v) is 3.38. The van der Waals surface area contributed by atoms with Gasteiger partial charge in [0.1, 0.15) is 0 Å². The van der Waals surface area contributed by atoms with Crippen molar-refractivity contribution in [1.82, 2.24) is 10.2 Å². The molecule has 0 heterocycles. The standard InChI is InChI=1S/C16H24N2O3/c1-12-7-4-5-8-14(12)13(2)17-15(19)11-18(3)10-6-9-16(20)21/h4-5,7-8,13H,6,9-11H2,1-3H3,(H,17,19)(H,20,21). The van der Waals surface area contributed by atoms with Gasteiger partial charge < -0.3 is 10.4 Å². The van der Waals surface area contributed by atoms with Gasteiger partial charge in [0.2, 0.25) is 5.91 Å². The molecule has 21 heavy (non-hydrogen) atoms. The van der Waals surface area contributed by atoms with E-state index in [1.807, 2.05) is 50.1 Å². The van der Waals surface area contributed by atoms with Crippen LogP contribution in [0.3, 0.4) is 0 Å². The predicted molar refractivity (Wildman–Crippen MR) is 82.1 cm³/mol. The van der Waals surface area contributed by atoms with E-state index in [4.69, 9.17) is 5.11 Å². The van der Waals surface area contributed by atoms with Gasteiger partial charge in [-0.1, -0.05) is 24.3 Å². The number of hydrogen-bond acceptors (Lipinski definition) is 3. The Morgan fingerprint density at radius 3 is 2.62 bits per heavy atom. The normalized spacial score (nSPS) is 12.2. The molecule has 0 saturated heterocycles. The number of amides is 1. The minimum atomic E-state index is -0.805. The molecule has 0 saturated carbocycles. The largest absolute Gasteiger partial charge is 0.481 e. The van der Waals surface area contributed by atoms with Gasteiger partial charge in [0.25, 0.3) is 0 Å². The van der Waals surface area contributed by atoms with Gasteiger partial charge in [-0.25, -0.2) is 0 Å². The van der Waals surface area contributed by atoms with Gasteiger partial charge in [-0.3, -0.25) is 14.5 Å². The number of aliphatic carboxylic acids is 1. The lowest BCUT2D eigenvalue weighted by Crippen LogP contribution is -2.37. The van der Waals surface area contributed by atoms with Gasteiger partial charge in [0.05, 0.1) is 12.6 Å². The molecular formula is C16H24N2O3. The second-order valence-corrected chi connectivity index (χ2v) is 5.38. The van der Waals surface area contributed by atoms with Crippen molar-refractivity contribution < 1.29 is 14.7 Å². The summed E-state index contributed by atoms with van der Waals surface area (Å²) in [4.78, 5) is 24.3. The number of benzene rings is 1. The van der Waals surface area contributed by atoms with E-state index in [-0.39, 0.29) is 24.9 Å². The second-order valence-electron chi connectivity index (χ2n) is 5.38.